The summed E-state index contributed by atoms with van der Waals surface area (Å²) in [5.41, 5.74) is 2.97. The molecule has 0 heterocycles. The number of rotatable bonds is 15. The molecule has 0 aromatic heterocycles. The summed E-state index contributed by atoms with van der Waals surface area (Å²) < 4.78 is 32.2. The Bertz CT molecular complexity index is 1480. The van der Waals surface area contributed by atoms with Gasteiger partial charge in [-0.2, -0.15) is 0 Å². The van der Waals surface area contributed by atoms with Gasteiger partial charge in [0.15, 0.2) is 0 Å². The fraction of sp³-hybridized carbons (Fsp3) is 0.394. The zero-order valence-corrected chi connectivity index (χ0v) is 27.1. The lowest BCUT2D eigenvalue weighted by molar-refractivity contribution is -0.141. The number of carbonyl (C=O) groups excluding carboxylic acids is 2. The van der Waals surface area contributed by atoms with Crippen molar-refractivity contribution in [3.63, 3.8) is 0 Å². The molecule has 0 saturated heterocycles. The normalized spacial score (nSPS) is 12.1. The molecule has 1 atom stereocenters. The Hall–Kier alpha value is -3.56. The highest BCUT2D eigenvalue weighted by atomic mass is 35.5. The Morgan fingerprint density at radius 3 is 2.33 bits per heavy atom. The number of hydrogen-bond acceptors (Lipinski definition) is 5. The van der Waals surface area contributed by atoms with Crippen LogP contribution in [0.5, 0.6) is 5.75 Å². The number of nitrogens with one attached hydrogen (secondary N) is 1. The molecular weight excluding hydrogens is 586 g/mol. The number of sulfonamides is 1. The van der Waals surface area contributed by atoms with E-state index in [0.717, 1.165) is 22.9 Å². The van der Waals surface area contributed by atoms with E-state index in [2.05, 4.69) is 5.32 Å². The molecule has 0 radical (unpaired) electrons. The quantitative estimate of drug-likeness (QED) is 0.236. The average molecular weight is 628 g/mol. The lowest BCUT2D eigenvalue weighted by atomic mass is 10.0. The monoisotopic (exact) mass is 627 g/mol. The second kappa shape index (κ2) is 15.8. The van der Waals surface area contributed by atoms with Gasteiger partial charge in [-0.15, -0.1) is 0 Å². The van der Waals surface area contributed by atoms with Gasteiger partial charge in [-0.1, -0.05) is 74.0 Å². The van der Waals surface area contributed by atoms with Crippen LogP contribution in [-0.4, -0.2) is 57.6 Å². The maximum absolute atomic E-state index is 14.0. The fourth-order valence-electron chi connectivity index (χ4n) is 4.78. The summed E-state index contributed by atoms with van der Waals surface area (Å²) >= 11 is 6.18. The van der Waals surface area contributed by atoms with Crippen LogP contribution in [0.4, 0.5) is 5.69 Å². The Morgan fingerprint density at radius 2 is 1.67 bits per heavy atom. The molecule has 0 aliphatic carbocycles. The van der Waals surface area contributed by atoms with Crippen molar-refractivity contribution in [1.29, 1.82) is 0 Å². The Morgan fingerprint density at radius 1 is 0.977 bits per heavy atom. The summed E-state index contributed by atoms with van der Waals surface area (Å²) in [5.74, 6) is 0.399. The number of anilines is 1. The third-order valence-electron chi connectivity index (χ3n) is 7.03. The first kappa shape index (κ1) is 33.9. The van der Waals surface area contributed by atoms with Crippen LogP contribution in [0.15, 0.2) is 72.8 Å². The first-order chi connectivity index (χ1) is 20.4. The van der Waals surface area contributed by atoms with Crippen molar-refractivity contribution in [2.75, 3.05) is 30.8 Å². The average Bonchev–Trinajstić information content (AvgIpc) is 2.97. The SMILES string of the molecule is COc1cccc(CN(C(=O)CCCN(c2cc(Cl)ccc2C)S(C)(=O)=O)[C@H](Cc2ccccc2)C(=O)NCC(C)C)c1. The van der Waals surface area contributed by atoms with Gasteiger partial charge in [0, 0.05) is 37.5 Å². The summed E-state index contributed by atoms with van der Waals surface area (Å²) in [6, 6.07) is 21.3. The third kappa shape index (κ3) is 10.3. The number of benzene rings is 3. The van der Waals surface area contributed by atoms with Gasteiger partial charge in [-0.3, -0.25) is 13.9 Å². The molecule has 0 bridgehead atoms. The molecule has 43 heavy (non-hydrogen) atoms. The van der Waals surface area contributed by atoms with Crippen molar-refractivity contribution in [3.05, 3.63) is 94.5 Å². The van der Waals surface area contributed by atoms with Crippen LogP contribution in [0.25, 0.3) is 0 Å². The molecule has 0 saturated carbocycles. The lowest BCUT2D eigenvalue weighted by Gasteiger charge is -2.32. The molecule has 3 aromatic rings. The number of halogens is 1. The molecule has 8 nitrogen and oxygen atoms in total. The van der Waals surface area contributed by atoms with Crippen molar-refractivity contribution < 1.29 is 22.7 Å². The predicted molar refractivity (Wildman–Crippen MR) is 173 cm³/mol. The van der Waals surface area contributed by atoms with Gasteiger partial charge in [-0.25, -0.2) is 8.42 Å². The van der Waals surface area contributed by atoms with E-state index in [0.29, 0.717) is 29.4 Å². The largest absolute Gasteiger partial charge is 0.497 e. The second-order valence-electron chi connectivity index (χ2n) is 11.1. The standard InChI is InChI=1S/C33H42ClN3O5S/c1-24(2)22-35-33(39)31(20-26-11-7-6-8-12-26)36(23-27-13-9-14-29(19-27)42-4)32(38)15-10-18-37(43(5,40)41)30-21-28(34)17-16-25(30)3/h6-9,11-14,16-17,19,21,24,31H,10,15,18,20,22-23H2,1-5H3,(H,35,39)/t31-/m1/s1. The highest BCUT2D eigenvalue weighted by Gasteiger charge is 2.31. The molecule has 0 aliphatic rings. The van der Waals surface area contributed by atoms with Crippen molar-refractivity contribution in [2.45, 2.75) is 52.6 Å². The van der Waals surface area contributed by atoms with Gasteiger partial charge in [0.1, 0.15) is 11.8 Å². The van der Waals surface area contributed by atoms with Gasteiger partial charge in [0.05, 0.1) is 19.1 Å². The topological polar surface area (TPSA) is 96.0 Å². The molecule has 2 amide bonds. The summed E-state index contributed by atoms with van der Waals surface area (Å²) in [6.45, 7) is 6.59. The molecule has 0 spiro atoms. The Kier molecular flexibility index (Phi) is 12.5. The zero-order valence-electron chi connectivity index (χ0n) is 25.5. The predicted octanol–water partition coefficient (Wildman–Crippen LogP) is 5.62. The van der Waals surface area contributed by atoms with Crippen molar-refractivity contribution in [3.8, 4) is 5.75 Å². The molecule has 10 heteroatoms. The minimum Gasteiger partial charge on any atom is -0.497 e. The number of nitrogens with zero attached hydrogens (tertiary/aromatic N) is 2. The molecule has 232 valence electrons. The third-order valence-corrected chi connectivity index (χ3v) is 8.45. The van der Waals surface area contributed by atoms with E-state index in [-0.39, 0.29) is 43.7 Å². The lowest BCUT2D eigenvalue weighted by Crippen LogP contribution is -2.51. The van der Waals surface area contributed by atoms with Gasteiger partial charge in [-0.05, 0) is 60.2 Å². The van der Waals surface area contributed by atoms with Gasteiger partial charge in [0.25, 0.3) is 0 Å². The van der Waals surface area contributed by atoms with E-state index in [1.165, 1.54) is 4.31 Å². The first-order valence-electron chi connectivity index (χ1n) is 14.4. The van der Waals surface area contributed by atoms with E-state index >= 15 is 0 Å². The van der Waals surface area contributed by atoms with E-state index in [4.69, 9.17) is 16.3 Å². The van der Waals surface area contributed by atoms with Crippen LogP contribution in [0.3, 0.4) is 0 Å². The molecule has 0 fully saturated rings. The summed E-state index contributed by atoms with van der Waals surface area (Å²) in [6.07, 6.45) is 1.76. The molecule has 3 aromatic carbocycles. The number of hydrogen-bond donors (Lipinski definition) is 1. The van der Waals surface area contributed by atoms with Crippen molar-refractivity contribution >= 4 is 39.1 Å². The zero-order chi connectivity index (χ0) is 31.6. The molecule has 1 N–H and O–H groups in total. The number of carbonyl (C=O) groups is 2. The maximum Gasteiger partial charge on any atom is 0.243 e. The van der Waals surface area contributed by atoms with E-state index in [1.807, 2.05) is 75.4 Å². The molecule has 3 rings (SSSR count). The number of amides is 2. The van der Waals surface area contributed by atoms with Gasteiger partial charge < -0.3 is 15.0 Å². The summed E-state index contributed by atoms with van der Waals surface area (Å²) in [4.78, 5) is 29.2. The van der Waals surface area contributed by atoms with E-state index in [1.54, 1.807) is 30.2 Å². The smallest absolute Gasteiger partial charge is 0.243 e. The fourth-order valence-corrected chi connectivity index (χ4v) is 5.96. The van der Waals surface area contributed by atoms with Crippen LogP contribution in [0.2, 0.25) is 5.02 Å². The van der Waals surface area contributed by atoms with Gasteiger partial charge >= 0.3 is 0 Å². The highest BCUT2D eigenvalue weighted by Crippen LogP contribution is 2.27. The van der Waals surface area contributed by atoms with E-state index < -0.39 is 16.1 Å². The van der Waals surface area contributed by atoms with Crippen molar-refractivity contribution in [2.24, 2.45) is 5.92 Å². The highest BCUT2D eigenvalue weighted by molar-refractivity contribution is 7.92. The number of aryl methyl sites for hydroxylation is 1. The van der Waals surface area contributed by atoms with Gasteiger partial charge in [0.2, 0.25) is 21.8 Å². The minimum atomic E-state index is -3.65. The van der Waals surface area contributed by atoms with Crippen molar-refractivity contribution in [1.82, 2.24) is 10.2 Å². The number of methoxy groups -OCH3 is 1. The second-order valence-corrected chi connectivity index (χ2v) is 13.4. The van der Waals surface area contributed by atoms with Crippen LogP contribution in [0.1, 0.15) is 43.4 Å². The van der Waals surface area contributed by atoms with Crippen LogP contribution >= 0.6 is 11.6 Å². The summed E-state index contributed by atoms with van der Waals surface area (Å²) in [5, 5.41) is 3.44. The molecular formula is C33H42ClN3O5S. The van der Waals surface area contributed by atoms with Crippen LogP contribution in [0, 0.1) is 12.8 Å². The minimum absolute atomic E-state index is 0.0400. The Labute approximate surface area is 261 Å². The molecule has 0 unspecified atom stereocenters. The molecule has 0 aliphatic heterocycles. The van der Waals surface area contributed by atoms with E-state index in [9.17, 15) is 18.0 Å². The summed E-state index contributed by atoms with van der Waals surface area (Å²) in [7, 11) is -2.07. The van der Waals surface area contributed by atoms with Crippen LogP contribution in [-0.2, 0) is 32.6 Å². The van der Waals surface area contributed by atoms with Crippen LogP contribution < -0.4 is 14.4 Å². The maximum atomic E-state index is 14.0. The Balaban J connectivity index is 1.92. The first-order valence-corrected chi connectivity index (χ1v) is 16.6. The number of ether oxygens (including phenoxy) is 1.